The fourth-order valence-electron chi connectivity index (χ4n) is 1.05. The molecule has 0 aromatic carbocycles. The maximum atomic E-state index is 11.5. The van der Waals surface area contributed by atoms with Crippen LogP contribution >= 0.6 is 0 Å². The second kappa shape index (κ2) is 5.01. The third-order valence-electron chi connectivity index (χ3n) is 1.86. The van der Waals surface area contributed by atoms with E-state index in [-0.39, 0.29) is 18.0 Å². The highest BCUT2D eigenvalue weighted by atomic mass is 16.3. The quantitative estimate of drug-likeness (QED) is 0.746. The first-order valence-corrected chi connectivity index (χ1v) is 4.43. The molecule has 0 saturated heterocycles. The van der Waals surface area contributed by atoms with Crippen molar-refractivity contribution in [1.29, 1.82) is 0 Å². The highest BCUT2D eigenvalue weighted by Gasteiger charge is 2.18. The number of furan rings is 1. The molecular weight excluding hydrogens is 194 g/mol. The highest BCUT2D eigenvalue weighted by molar-refractivity contribution is 5.95. The summed E-state index contributed by atoms with van der Waals surface area (Å²) in [7, 11) is 0. The van der Waals surface area contributed by atoms with Gasteiger partial charge in [-0.2, -0.15) is 0 Å². The lowest BCUT2D eigenvalue weighted by molar-refractivity contribution is -0.118. The van der Waals surface area contributed by atoms with Crippen LogP contribution in [0.2, 0.25) is 0 Å². The summed E-state index contributed by atoms with van der Waals surface area (Å²) in [5.74, 6) is 1.89. The number of hydrogen-bond donors (Lipinski definition) is 1. The molecule has 0 fully saturated rings. The number of rotatable bonds is 4. The van der Waals surface area contributed by atoms with Crippen molar-refractivity contribution in [3.63, 3.8) is 0 Å². The predicted octanol–water partition coefficient (Wildman–Crippen LogP) is 0.990. The number of carbonyl (C=O) groups excluding carboxylic acids is 2. The molecule has 1 rings (SSSR count). The number of amides is 1. The van der Waals surface area contributed by atoms with Gasteiger partial charge < -0.3 is 9.73 Å². The van der Waals surface area contributed by atoms with Gasteiger partial charge in [-0.15, -0.1) is 12.3 Å². The van der Waals surface area contributed by atoms with Gasteiger partial charge in [0, 0.05) is 6.42 Å². The van der Waals surface area contributed by atoms with Gasteiger partial charge in [0.2, 0.25) is 0 Å². The van der Waals surface area contributed by atoms with E-state index in [4.69, 9.17) is 10.8 Å². The first-order valence-electron chi connectivity index (χ1n) is 4.43. The Labute approximate surface area is 87.7 Å². The van der Waals surface area contributed by atoms with Gasteiger partial charge in [-0.1, -0.05) is 0 Å². The topological polar surface area (TPSA) is 59.3 Å². The lowest BCUT2D eigenvalue weighted by atomic mass is 10.1. The Hall–Kier alpha value is -2.02. The molecule has 0 bridgehead atoms. The van der Waals surface area contributed by atoms with Crippen LogP contribution in [0, 0.1) is 12.3 Å². The van der Waals surface area contributed by atoms with Crippen molar-refractivity contribution >= 4 is 11.7 Å². The molecule has 1 amide bonds. The zero-order valence-corrected chi connectivity index (χ0v) is 8.32. The number of Topliss-reactive ketones (excluding diaryl/α,β-unsaturated/α-hetero) is 1. The summed E-state index contributed by atoms with van der Waals surface area (Å²) >= 11 is 0. The van der Waals surface area contributed by atoms with Crippen molar-refractivity contribution in [2.75, 3.05) is 0 Å². The van der Waals surface area contributed by atoms with E-state index >= 15 is 0 Å². The summed E-state index contributed by atoms with van der Waals surface area (Å²) < 4.78 is 4.88. The molecule has 1 aromatic heterocycles. The average molecular weight is 205 g/mol. The van der Waals surface area contributed by atoms with Crippen LogP contribution in [-0.2, 0) is 4.79 Å². The van der Waals surface area contributed by atoms with Gasteiger partial charge in [0.1, 0.15) is 0 Å². The number of terminal acetylenes is 1. The fraction of sp³-hybridized carbons (Fsp3) is 0.273. The smallest absolute Gasteiger partial charge is 0.287 e. The van der Waals surface area contributed by atoms with Crippen LogP contribution in [0.4, 0.5) is 0 Å². The van der Waals surface area contributed by atoms with Crippen LogP contribution in [0.3, 0.4) is 0 Å². The van der Waals surface area contributed by atoms with Crippen LogP contribution in [-0.4, -0.2) is 17.7 Å². The third-order valence-corrected chi connectivity index (χ3v) is 1.86. The maximum Gasteiger partial charge on any atom is 0.287 e. The van der Waals surface area contributed by atoms with Crippen molar-refractivity contribution in [3.05, 3.63) is 24.2 Å². The average Bonchev–Trinajstić information content (AvgIpc) is 2.69. The van der Waals surface area contributed by atoms with Gasteiger partial charge in [0.05, 0.1) is 12.3 Å². The van der Waals surface area contributed by atoms with Crippen LogP contribution in [0.5, 0.6) is 0 Å². The molecule has 78 valence electrons. The Morgan fingerprint density at radius 3 is 2.87 bits per heavy atom. The summed E-state index contributed by atoms with van der Waals surface area (Å²) in [4.78, 5) is 22.6. The van der Waals surface area contributed by atoms with E-state index in [2.05, 4.69) is 11.2 Å². The molecule has 0 spiro atoms. The van der Waals surface area contributed by atoms with Gasteiger partial charge in [-0.05, 0) is 19.1 Å². The molecule has 0 aliphatic rings. The molecule has 0 aliphatic heterocycles. The number of hydrogen-bond acceptors (Lipinski definition) is 3. The third kappa shape index (κ3) is 2.99. The standard InChI is InChI=1S/C11H11NO3/c1-3-5-9(8(2)13)12-11(14)10-6-4-7-15-10/h1,4,6-7,9H,5H2,2H3,(H,12,14). The molecule has 1 heterocycles. The van der Waals surface area contributed by atoms with Crippen LogP contribution in [0.1, 0.15) is 23.9 Å². The first kappa shape index (κ1) is 11.1. The summed E-state index contributed by atoms with van der Waals surface area (Å²) in [6, 6.07) is 2.47. The van der Waals surface area contributed by atoms with E-state index in [1.807, 2.05) is 0 Å². The highest BCUT2D eigenvalue weighted by Crippen LogP contribution is 2.01. The molecule has 0 saturated carbocycles. The molecule has 1 N–H and O–H groups in total. The monoisotopic (exact) mass is 205 g/mol. The normalized spacial score (nSPS) is 11.5. The van der Waals surface area contributed by atoms with E-state index in [1.54, 1.807) is 6.07 Å². The van der Waals surface area contributed by atoms with Gasteiger partial charge in [-0.25, -0.2) is 0 Å². The van der Waals surface area contributed by atoms with Gasteiger partial charge in [0.15, 0.2) is 11.5 Å². The summed E-state index contributed by atoms with van der Waals surface area (Å²) in [6.45, 7) is 1.38. The van der Waals surface area contributed by atoms with E-state index in [0.717, 1.165) is 0 Å². The van der Waals surface area contributed by atoms with E-state index in [9.17, 15) is 9.59 Å². The van der Waals surface area contributed by atoms with Crippen molar-refractivity contribution in [3.8, 4) is 12.3 Å². The SMILES string of the molecule is C#CCC(NC(=O)c1ccco1)C(C)=O. The van der Waals surface area contributed by atoms with Crippen LogP contribution in [0.15, 0.2) is 22.8 Å². The Morgan fingerprint density at radius 1 is 1.67 bits per heavy atom. The molecule has 15 heavy (non-hydrogen) atoms. The van der Waals surface area contributed by atoms with Gasteiger partial charge >= 0.3 is 0 Å². The minimum atomic E-state index is -0.646. The lowest BCUT2D eigenvalue weighted by Crippen LogP contribution is -2.39. The minimum absolute atomic E-state index is 0.165. The summed E-state index contributed by atoms with van der Waals surface area (Å²) in [5, 5.41) is 2.50. The molecule has 4 heteroatoms. The Balaban J connectivity index is 2.64. The van der Waals surface area contributed by atoms with Gasteiger partial charge in [0.25, 0.3) is 5.91 Å². The Kier molecular flexibility index (Phi) is 3.69. The zero-order valence-electron chi connectivity index (χ0n) is 8.32. The molecule has 1 atom stereocenters. The molecule has 0 aliphatic carbocycles. The number of carbonyl (C=O) groups is 2. The fourth-order valence-corrected chi connectivity index (χ4v) is 1.05. The summed E-state index contributed by atoms with van der Waals surface area (Å²) in [6.07, 6.45) is 6.65. The van der Waals surface area contributed by atoms with E-state index in [1.165, 1.54) is 19.3 Å². The lowest BCUT2D eigenvalue weighted by Gasteiger charge is -2.11. The Morgan fingerprint density at radius 2 is 2.40 bits per heavy atom. The van der Waals surface area contributed by atoms with E-state index in [0.29, 0.717) is 0 Å². The number of ketones is 1. The Bertz CT molecular complexity index is 386. The van der Waals surface area contributed by atoms with E-state index < -0.39 is 11.9 Å². The molecule has 1 aromatic rings. The molecule has 4 nitrogen and oxygen atoms in total. The first-order chi connectivity index (χ1) is 7.15. The second-order valence-corrected chi connectivity index (χ2v) is 3.02. The van der Waals surface area contributed by atoms with Crippen molar-refractivity contribution in [2.45, 2.75) is 19.4 Å². The number of nitrogens with one attached hydrogen (secondary N) is 1. The summed E-state index contributed by atoms with van der Waals surface area (Å²) in [5.41, 5.74) is 0. The van der Waals surface area contributed by atoms with Crippen molar-refractivity contribution in [1.82, 2.24) is 5.32 Å². The molecular formula is C11H11NO3. The van der Waals surface area contributed by atoms with Crippen molar-refractivity contribution < 1.29 is 14.0 Å². The molecule has 0 radical (unpaired) electrons. The zero-order chi connectivity index (χ0) is 11.3. The second-order valence-electron chi connectivity index (χ2n) is 3.02. The maximum absolute atomic E-state index is 11.5. The predicted molar refractivity (Wildman–Crippen MR) is 54.1 cm³/mol. The van der Waals surface area contributed by atoms with Gasteiger partial charge in [-0.3, -0.25) is 9.59 Å². The largest absolute Gasteiger partial charge is 0.459 e. The molecule has 1 unspecified atom stereocenters. The van der Waals surface area contributed by atoms with Crippen LogP contribution in [0.25, 0.3) is 0 Å². The van der Waals surface area contributed by atoms with Crippen molar-refractivity contribution in [2.24, 2.45) is 0 Å². The minimum Gasteiger partial charge on any atom is -0.459 e. The van der Waals surface area contributed by atoms with Crippen LogP contribution < -0.4 is 5.32 Å².